The molecule has 3 N–H and O–H groups in total. The van der Waals surface area contributed by atoms with Gasteiger partial charge in [-0.3, -0.25) is 4.55 Å². The molecule has 2 aromatic rings. The first-order valence-corrected chi connectivity index (χ1v) is 5.13. The summed E-state index contributed by atoms with van der Waals surface area (Å²) in [5.41, 5.74) is 0.595. The normalized spacial score (nSPS) is 12.1. The van der Waals surface area contributed by atoms with E-state index in [4.69, 9.17) is 10.4 Å². The van der Waals surface area contributed by atoms with Gasteiger partial charge in [0.25, 0.3) is 10.1 Å². The van der Waals surface area contributed by atoms with Crippen LogP contribution in [0.3, 0.4) is 0 Å². The van der Waals surface area contributed by atoms with Crippen molar-refractivity contribution >= 4 is 21.0 Å². The van der Waals surface area contributed by atoms with Crippen LogP contribution < -0.4 is 5.84 Å². The fourth-order valence-electron chi connectivity index (χ4n) is 1.19. The van der Waals surface area contributed by atoms with Crippen LogP contribution in [0, 0.1) is 0 Å². The van der Waals surface area contributed by atoms with E-state index in [1.54, 1.807) is 0 Å². The van der Waals surface area contributed by atoms with E-state index in [1.165, 1.54) is 24.4 Å². The molecule has 0 fully saturated rings. The maximum atomic E-state index is 10.8. The summed E-state index contributed by atoms with van der Waals surface area (Å²) in [5, 5.41) is 4.29. The fraction of sp³-hybridized carbons (Fsp3) is 0. The number of aromatic nitrogens is 2. The summed E-state index contributed by atoms with van der Waals surface area (Å²) >= 11 is 0. The van der Waals surface area contributed by atoms with Crippen LogP contribution in [0.15, 0.2) is 29.3 Å². The van der Waals surface area contributed by atoms with Gasteiger partial charge in [-0.1, -0.05) is 0 Å². The lowest BCUT2D eigenvalue weighted by atomic mass is 10.3. The Morgan fingerprint density at radius 1 is 1.43 bits per heavy atom. The summed E-state index contributed by atoms with van der Waals surface area (Å²) < 4.78 is 30.3. The minimum Gasteiger partial charge on any atom is -0.323 e. The minimum absolute atomic E-state index is 0.169. The van der Waals surface area contributed by atoms with Crippen molar-refractivity contribution < 1.29 is 13.0 Å². The molecule has 0 atom stereocenters. The Bertz CT molecular complexity index is 587. The van der Waals surface area contributed by atoms with Crippen molar-refractivity contribution in [1.29, 1.82) is 0 Å². The number of nitrogens with two attached hydrogens (primary N) is 1. The molecule has 6 nitrogen and oxygen atoms in total. The summed E-state index contributed by atoms with van der Waals surface area (Å²) in [4.78, 5) is 0.960. The second-order valence-electron chi connectivity index (χ2n) is 2.78. The van der Waals surface area contributed by atoms with Crippen molar-refractivity contribution in [3.63, 3.8) is 0 Å². The molecule has 2 rings (SSSR count). The molecule has 0 saturated heterocycles. The number of nitrogen functional groups attached to an aromatic ring is 1. The number of hydrogen-bond acceptors (Lipinski definition) is 4. The molecule has 0 spiro atoms. The third-order valence-electron chi connectivity index (χ3n) is 1.86. The van der Waals surface area contributed by atoms with E-state index in [0.717, 1.165) is 4.79 Å². The highest BCUT2D eigenvalue weighted by Gasteiger charge is 2.10. The summed E-state index contributed by atoms with van der Waals surface area (Å²) in [6, 6.07) is 4.05. The summed E-state index contributed by atoms with van der Waals surface area (Å²) in [6.07, 6.45) is 1.42. The first-order valence-electron chi connectivity index (χ1n) is 3.69. The highest BCUT2D eigenvalue weighted by atomic mass is 32.2. The van der Waals surface area contributed by atoms with E-state index in [-0.39, 0.29) is 4.90 Å². The maximum Gasteiger partial charge on any atom is 0.294 e. The monoisotopic (exact) mass is 213 g/mol. The number of rotatable bonds is 1. The van der Waals surface area contributed by atoms with Crippen LogP contribution in [-0.2, 0) is 10.1 Å². The van der Waals surface area contributed by atoms with Crippen molar-refractivity contribution in [2.45, 2.75) is 4.90 Å². The Morgan fingerprint density at radius 2 is 2.14 bits per heavy atom. The average Bonchev–Trinajstić information content (AvgIpc) is 2.46. The van der Waals surface area contributed by atoms with Crippen molar-refractivity contribution in [2.24, 2.45) is 0 Å². The summed E-state index contributed by atoms with van der Waals surface area (Å²) in [6.45, 7) is 0. The number of fused-ring (bicyclic) bond motifs is 1. The molecule has 1 aromatic carbocycles. The predicted molar refractivity (Wildman–Crippen MR) is 49.7 cm³/mol. The van der Waals surface area contributed by atoms with Gasteiger partial charge in [-0.2, -0.15) is 18.3 Å². The summed E-state index contributed by atoms with van der Waals surface area (Å²) in [7, 11) is -4.16. The average molecular weight is 213 g/mol. The Balaban J connectivity index is 2.76. The van der Waals surface area contributed by atoms with Crippen molar-refractivity contribution in [3.8, 4) is 0 Å². The third-order valence-corrected chi connectivity index (χ3v) is 2.71. The fourth-order valence-corrected chi connectivity index (χ4v) is 1.71. The highest BCUT2D eigenvalue weighted by molar-refractivity contribution is 7.85. The van der Waals surface area contributed by atoms with Crippen molar-refractivity contribution in [3.05, 3.63) is 24.4 Å². The lowest BCUT2D eigenvalue weighted by molar-refractivity contribution is 0.483. The smallest absolute Gasteiger partial charge is 0.294 e. The lowest BCUT2D eigenvalue weighted by Crippen LogP contribution is -2.08. The molecule has 0 unspecified atom stereocenters. The molecule has 0 aliphatic rings. The minimum atomic E-state index is -4.16. The quantitative estimate of drug-likeness (QED) is 0.513. The molecule has 0 aliphatic heterocycles. The van der Waals surface area contributed by atoms with Gasteiger partial charge in [-0.25, -0.2) is 0 Å². The van der Waals surface area contributed by atoms with E-state index >= 15 is 0 Å². The second kappa shape index (κ2) is 2.69. The molecule has 0 saturated carbocycles. The Kier molecular flexibility index (Phi) is 1.73. The summed E-state index contributed by atoms with van der Waals surface area (Å²) in [5.74, 6) is 5.43. The third kappa shape index (κ3) is 1.32. The first kappa shape index (κ1) is 8.97. The van der Waals surface area contributed by atoms with Gasteiger partial charge in [-0.15, -0.1) is 0 Å². The molecule has 0 radical (unpaired) electrons. The zero-order valence-electron chi connectivity index (χ0n) is 6.95. The van der Waals surface area contributed by atoms with Crippen LogP contribution >= 0.6 is 0 Å². The molecule has 0 amide bonds. The zero-order valence-corrected chi connectivity index (χ0v) is 7.77. The Morgan fingerprint density at radius 3 is 2.79 bits per heavy atom. The second-order valence-corrected chi connectivity index (χ2v) is 4.21. The van der Waals surface area contributed by atoms with E-state index < -0.39 is 10.1 Å². The van der Waals surface area contributed by atoms with Gasteiger partial charge >= 0.3 is 0 Å². The van der Waals surface area contributed by atoms with Gasteiger partial charge in [0.05, 0.1) is 16.6 Å². The molecular formula is C7H7N3O3S. The van der Waals surface area contributed by atoms with Gasteiger partial charge < -0.3 is 5.84 Å². The SMILES string of the molecule is Nn1ncc2cc(S(=O)(=O)O)ccc21. The molecular weight excluding hydrogens is 206 g/mol. The van der Waals surface area contributed by atoms with Gasteiger partial charge in [0.15, 0.2) is 0 Å². The van der Waals surface area contributed by atoms with Gasteiger partial charge in [0.2, 0.25) is 0 Å². The predicted octanol–water partition coefficient (Wildman–Crippen LogP) is -0.00320. The molecule has 74 valence electrons. The number of hydrogen-bond donors (Lipinski definition) is 2. The number of benzene rings is 1. The standard InChI is InChI=1S/C7H7N3O3S/c8-10-7-2-1-6(14(11,12)13)3-5(7)4-9-10/h1-4H,8H2,(H,11,12,13). The van der Waals surface area contributed by atoms with Crippen LogP contribution in [0.2, 0.25) is 0 Å². The largest absolute Gasteiger partial charge is 0.323 e. The lowest BCUT2D eigenvalue weighted by Gasteiger charge is -1.97. The Hall–Kier alpha value is -1.60. The Labute approximate surface area is 79.7 Å². The van der Waals surface area contributed by atoms with E-state index in [1.807, 2.05) is 0 Å². The van der Waals surface area contributed by atoms with Crippen LogP contribution in [0.1, 0.15) is 0 Å². The molecule has 1 heterocycles. The zero-order chi connectivity index (χ0) is 10.3. The van der Waals surface area contributed by atoms with Crippen molar-refractivity contribution in [2.75, 3.05) is 5.84 Å². The van der Waals surface area contributed by atoms with E-state index in [0.29, 0.717) is 10.9 Å². The van der Waals surface area contributed by atoms with Gasteiger partial charge in [0.1, 0.15) is 0 Å². The molecule has 7 heteroatoms. The van der Waals surface area contributed by atoms with Crippen LogP contribution in [-0.4, -0.2) is 22.9 Å². The molecule has 1 aromatic heterocycles. The molecule has 14 heavy (non-hydrogen) atoms. The van der Waals surface area contributed by atoms with Crippen LogP contribution in [0.5, 0.6) is 0 Å². The topological polar surface area (TPSA) is 98.2 Å². The first-order chi connectivity index (χ1) is 6.48. The molecule has 0 bridgehead atoms. The van der Waals surface area contributed by atoms with Crippen molar-refractivity contribution in [1.82, 2.24) is 9.89 Å². The van der Waals surface area contributed by atoms with E-state index in [2.05, 4.69) is 5.10 Å². The van der Waals surface area contributed by atoms with Crippen LogP contribution in [0.4, 0.5) is 0 Å². The highest BCUT2D eigenvalue weighted by Crippen LogP contribution is 2.17. The molecule has 0 aliphatic carbocycles. The maximum absolute atomic E-state index is 10.8. The number of nitrogens with zero attached hydrogens (tertiary/aromatic N) is 2. The van der Waals surface area contributed by atoms with E-state index in [9.17, 15) is 8.42 Å². The van der Waals surface area contributed by atoms with Crippen LogP contribution in [0.25, 0.3) is 10.9 Å². The van der Waals surface area contributed by atoms with Gasteiger partial charge in [-0.05, 0) is 18.2 Å². The van der Waals surface area contributed by atoms with Gasteiger partial charge in [0, 0.05) is 5.39 Å².